The van der Waals surface area contributed by atoms with E-state index in [1.54, 1.807) is 7.11 Å². The highest BCUT2D eigenvalue weighted by molar-refractivity contribution is 5.78. The van der Waals surface area contributed by atoms with Crippen LogP contribution in [0.2, 0.25) is 0 Å². The van der Waals surface area contributed by atoms with Crippen molar-refractivity contribution in [1.29, 1.82) is 0 Å². The molecule has 1 aromatic carbocycles. The van der Waals surface area contributed by atoms with Crippen LogP contribution in [-0.2, 0) is 11.2 Å². The van der Waals surface area contributed by atoms with Crippen LogP contribution in [-0.4, -0.2) is 19.6 Å². The molecule has 0 fully saturated rings. The number of hydrogen-bond donors (Lipinski definition) is 1. The third-order valence-corrected chi connectivity index (χ3v) is 2.20. The quantitative estimate of drug-likeness (QED) is 0.815. The number of rotatable bonds is 4. The molecule has 0 aliphatic heterocycles. The first-order valence-corrected chi connectivity index (χ1v) is 5.07. The largest absolute Gasteiger partial charge is 0.496 e. The highest BCUT2D eigenvalue weighted by atomic mass is 16.5. The molecule has 1 N–H and O–H groups in total. The number of methoxy groups -OCH3 is 1. The second-order valence-electron chi connectivity index (χ2n) is 3.43. The summed E-state index contributed by atoms with van der Waals surface area (Å²) in [6.45, 7) is 4.56. The zero-order chi connectivity index (χ0) is 11.3. The Morgan fingerprint density at radius 2 is 2.20 bits per heavy atom. The van der Waals surface area contributed by atoms with Gasteiger partial charge in [0.1, 0.15) is 5.75 Å². The topological polar surface area (TPSA) is 38.3 Å². The number of likely N-dealkylation sites (N-methyl/N-ethyl adjacent to an activating group) is 1. The van der Waals surface area contributed by atoms with E-state index in [-0.39, 0.29) is 5.91 Å². The average Bonchev–Trinajstić information content (AvgIpc) is 2.18. The van der Waals surface area contributed by atoms with E-state index in [0.29, 0.717) is 13.0 Å². The maximum atomic E-state index is 11.3. The fourth-order valence-electron chi connectivity index (χ4n) is 1.50. The maximum Gasteiger partial charge on any atom is 0.224 e. The van der Waals surface area contributed by atoms with Gasteiger partial charge in [0.2, 0.25) is 5.91 Å². The molecule has 0 aromatic heterocycles. The molecule has 1 aromatic rings. The summed E-state index contributed by atoms with van der Waals surface area (Å²) in [6, 6.07) is 5.79. The van der Waals surface area contributed by atoms with Crippen molar-refractivity contribution < 1.29 is 9.53 Å². The third-order valence-electron chi connectivity index (χ3n) is 2.20. The number of aryl methyl sites for hydroxylation is 1. The number of carbonyl (C=O) groups is 1. The summed E-state index contributed by atoms with van der Waals surface area (Å²) in [4.78, 5) is 11.3. The Kier molecular flexibility index (Phi) is 4.16. The van der Waals surface area contributed by atoms with E-state index in [9.17, 15) is 4.79 Å². The zero-order valence-corrected chi connectivity index (χ0v) is 9.46. The minimum atomic E-state index is 0.0575. The second kappa shape index (κ2) is 5.39. The van der Waals surface area contributed by atoms with E-state index in [2.05, 4.69) is 5.32 Å². The van der Waals surface area contributed by atoms with Gasteiger partial charge in [-0.2, -0.15) is 0 Å². The number of hydrogen-bond acceptors (Lipinski definition) is 2. The molecule has 0 unspecified atom stereocenters. The first-order chi connectivity index (χ1) is 7.17. The Bertz CT molecular complexity index is 347. The van der Waals surface area contributed by atoms with Crippen LogP contribution in [0.5, 0.6) is 5.75 Å². The maximum absolute atomic E-state index is 11.3. The molecular weight excluding hydrogens is 190 g/mol. The van der Waals surface area contributed by atoms with Gasteiger partial charge in [0.05, 0.1) is 13.5 Å². The summed E-state index contributed by atoms with van der Waals surface area (Å²) in [6.07, 6.45) is 0.429. The van der Waals surface area contributed by atoms with Gasteiger partial charge in [0, 0.05) is 6.54 Å². The van der Waals surface area contributed by atoms with Crippen molar-refractivity contribution in [2.45, 2.75) is 20.3 Å². The molecule has 0 radical (unpaired) electrons. The highest BCUT2D eigenvalue weighted by Crippen LogP contribution is 2.18. The molecule has 0 saturated carbocycles. The van der Waals surface area contributed by atoms with E-state index in [0.717, 1.165) is 16.9 Å². The number of nitrogens with one attached hydrogen (secondary N) is 1. The fourth-order valence-corrected chi connectivity index (χ4v) is 1.50. The van der Waals surface area contributed by atoms with Crippen molar-refractivity contribution in [3.05, 3.63) is 29.3 Å². The molecule has 0 aliphatic rings. The van der Waals surface area contributed by atoms with Gasteiger partial charge in [-0.05, 0) is 31.0 Å². The number of amides is 1. The number of carbonyl (C=O) groups excluding carboxylic acids is 1. The molecule has 0 heterocycles. The summed E-state index contributed by atoms with van der Waals surface area (Å²) >= 11 is 0. The van der Waals surface area contributed by atoms with Crippen molar-refractivity contribution in [3.63, 3.8) is 0 Å². The lowest BCUT2D eigenvalue weighted by Gasteiger charge is -2.07. The lowest BCUT2D eigenvalue weighted by molar-refractivity contribution is -0.120. The van der Waals surface area contributed by atoms with Crippen molar-refractivity contribution in [3.8, 4) is 5.75 Å². The molecule has 1 rings (SSSR count). The van der Waals surface area contributed by atoms with Crippen molar-refractivity contribution >= 4 is 5.91 Å². The molecule has 0 atom stereocenters. The Hall–Kier alpha value is -1.51. The lowest BCUT2D eigenvalue weighted by atomic mass is 10.1. The molecule has 15 heavy (non-hydrogen) atoms. The molecule has 3 heteroatoms. The fraction of sp³-hybridized carbons (Fsp3) is 0.417. The second-order valence-corrected chi connectivity index (χ2v) is 3.43. The predicted molar refractivity (Wildman–Crippen MR) is 60.1 cm³/mol. The van der Waals surface area contributed by atoms with Gasteiger partial charge in [0.25, 0.3) is 0 Å². The molecule has 0 saturated heterocycles. The molecule has 1 amide bonds. The van der Waals surface area contributed by atoms with Crippen LogP contribution < -0.4 is 10.1 Å². The van der Waals surface area contributed by atoms with Crippen LogP contribution in [0.25, 0.3) is 0 Å². The Morgan fingerprint density at radius 1 is 1.47 bits per heavy atom. The molecule has 0 spiro atoms. The third kappa shape index (κ3) is 3.27. The van der Waals surface area contributed by atoms with Crippen LogP contribution in [0, 0.1) is 6.92 Å². The Balaban J connectivity index is 2.71. The van der Waals surface area contributed by atoms with Gasteiger partial charge in [-0.15, -0.1) is 0 Å². The molecule has 0 aliphatic carbocycles. The predicted octanol–water partition coefficient (Wildman–Crippen LogP) is 1.68. The smallest absolute Gasteiger partial charge is 0.224 e. The van der Waals surface area contributed by atoms with E-state index >= 15 is 0 Å². The van der Waals surface area contributed by atoms with Crippen LogP contribution in [0.1, 0.15) is 18.1 Å². The lowest BCUT2D eigenvalue weighted by Crippen LogP contribution is -2.24. The highest BCUT2D eigenvalue weighted by Gasteiger charge is 2.04. The SMILES string of the molecule is CCNC(=O)Cc1ccc(OC)c(C)c1. The standard InChI is InChI=1S/C12H17NO2/c1-4-13-12(14)8-10-5-6-11(15-3)9(2)7-10/h5-7H,4,8H2,1-3H3,(H,13,14). The monoisotopic (exact) mass is 207 g/mol. The summed E-state index contributed by atoms with van der Waals surface area (Å²) in [7, 11) is 1.64. The summed E-state index contributed by atoms with van der Waals surface area (Å²) in [5, 5.41) is 2.77. The van der Waals surface area contributed by atoms with E-state index in [1.807, 2.05) is 32.0 Å². The summed E-state index contributed by atoms with van der Waals surface area (Å²) in [5.74, 6) is 0.914. The minimum Gasteiger partial charge on any atom is -0.496 e. The first-order valence-electron chi connectivity index (χ1n) is 5.07. The summed E-state index contributed by atoms with van der Waals surface area (Å²) in [5.41, 5.74) is 2.07. The van der Waals surface area contributed by atoms with Gasteiger partial charge in [-0.3, -0.25) is 4.79 Å². The van der Waals surface area contributed by atoms with E-state index in [1.165, 1.54) is 0 Å². The van der Waals surface area contributed by atoms with Gasteiger partial charge in [-0.1, -0.05) is 12.1 Å². The minimum absolute atomic E-state index is 0.0575. The zero-order valence-electron chi connectivity index (χ0n) is 9.46. The molecule has 3 nitrogen and oxygen atoms in total. The van der Waals surface area contributed by atoms with E-state index < -0.39 is 0 Å². The van der Waals surface area contributed by atoms with Gasteiger partial charge in [0.15, 0.2) is 0 Å². The normalized spacial score (nSPS) is 9.80. The summed E-state index contributed by atoms with van der Waals surface area (Å²) < 4.78 is 5.15. The van der Waals surface area contributed by atoms with Crippen molar-refractivity contribution in [2.75, 3.05) is 13.7 Å². The molecular formula is C12H17NO2. The van der Waals surface area contributed by atoms with Gasteiger partial charge < -0.3 is 10.1 Å². The first kappa shape index (κ1) is 11.6. The Labute approximate surface area is 90.4 Å². The van der Waals surface area contributed by atoms with Crippen LogP contribution >= 0.6 is 0 Å². The van der Waals surface area contributed by atoms with Crippen molar-refractivity contribution in [1.82, 2.24) is 5.32 Å². The number of ether oxygens (including phenoxy) is 1. The van der Waals surface area contributed by atoms with Crippen LogP contribution in [0.15, 0.2) is 18.2 Å². The van der Waals surface area contributed by atoms with Gasteiger partial charge >= 0.3 is 0 Å². The molecule has 0 bridgehead atoms. The Morgan fingerprint density at radius 3 is 2.73 bits per heavy atom. The molecule has 82 valence electrons. The van der Waals surface area contributed by atoms with Crippen molar-refractivity contribution in [2.24, 2.45) is 0 Å². The van der Waals surface area contributed by atoms with E-state index in [4.69, 9.17) is 4.74 Å². The number of benzene rings is 1. The van der Waals surface area contributed by atoms with Crippen LogP contribution in [0.3, 0.4) is 0 Å². The van der Waals surface area contributed by atoms with Gasteiger partial charge in [-0.25, -0.2) is 0 Å². The van der Waals surface area contributed by atoms with Crippen LogP contribution in [0.4, 0.5) is 0 Å². The average molecular weight is 207 g/mol.